The Morgan fingerprint density at radius 1 is 1.12 bits per heavy atom. The molecule has 0 saturated heterocycles. The molecule has 0 aliphatic carbocycles. The molecule has 134 valence electrons. The van der Waals surface area contributed by atoms with Crippen molar-refractivity contribution in [2.45, 2.75) is 33.2 Å². The number of fused-ring (bicyclic) bond motifs is 1. The van der Waals surface area contributed by atoms with Gasteiger partial charge in [-0.25, -0.2) is 4.39 Å². The van der Waals surface area contributed by atoms with Crippen LogP contribution < -0.4 is 10.9 Å². The lowest BCUT2D eigenvalue weighted by atomic mass is 10.0. The number of benzene rings is 2. The molecule has 3 rings (SSSR count). The summed E-state index contributed by atoms with van der Waals surface area (Å²) in [6, 6.07) is 11.9. The quantitative estimate of drug-likeness (QED) is 0.738. The van der Waals surface area contributed by atoms with Crippen LogP contribution in [0.2, 0.25) is 0 Å². The highest BCUT2D eigenvalue weighted by molar-refractivity contribution is 5.83. The van der Waals surface area contributed by atoms with Crippen LogP contribution in [0.15, 0.2) is 47.3 Å². The molecule has 3 aromatic rings. The first-order valence-corrected chi connectivity index (χ1v) is 8.56. The second-order valence-corrected chi connectivity index (χ2v) is 6.57. The number of rotatable bonds is 5. The van der Waals surface area contributed by atoms with Crippen LogP contribution in [0.4, 0.5) is 4.39 Å². The summed E-state index contributed by atoms with van der Waals surface area (Å²) in [5, 5.41) is 3.77. The number of nitrogens with one attached hydrogen (secondary N) is 2. The van der Waals surface area contributed by atoms with E-state index in [-0.39, 0.29) is 23.7 Å². The van der Waals surface area contributed by atoms with Gasteiger partial charge in [0.2, 0.25) is 5.91 Å². The standard InChI is InChI=1S/C21H21FN2O2/c1-13-9-14(2)20-17(10-13)11-16(21(26)24-20)5-8-19(25)23-12-15-3-6-18(22)7-4-15/h3-4,6-7,9-11H,5,8,12H2,1-2H3,(H,23,25)(H,24,26). The molecule has 1 heterocycles. The van der Waals surface area contributed by atoms with Gasteiger partial charge < -0.3 is 10.3 Å². The molecule has 0 saturated carbocycles. The van der Waals surface area contributed by atoms with Gasteiger partial charge in [0.05, 0.1) is 5.52 Å². The molecule has 0 unspecified atom stereocenters. The first-order valence-electron chi connectivity index (χ1n) is 8.56. The average molecular weight is 352 g/mol. The molecule has 0 spiro atoms. The maximum absolute atomic E-state index is 12.9. The highest BCUT2D eigenvalue weighted by atomic mass is 19.1. The van der Waals surface area contributed by atoms with E-state index in [2.05, 4.69) is 10.3 Å². The largest absolute Gasteiger partial charge is 0.352 e. The minimum atomic E-state index is -0.305. The van der Waals surface area contributed by atoms with Gasteiger partial charge >= 0.3 is 0 Å². The summed E-state index contributed by atoms with van der Waals surface area (Å²) in [5.41, 5.74) is 4.26. The summed E-state index contributed by atoms with van der Waals surface area (Å²) in [7, 11) is 0. The third-order valence-electron chi connectivity index (χ3n) is 4.39. The monoisotopic (exact) mass is 352 g/mol. The maximum Gasteiger partial charge on any atom is 0.251 e. The topological polar surface area (TPSA) is 62.0 Å². The lowest BCUT2D eigenvalue weighted by Gasteiger charge is -2.08. The van der Waals surface area contributed by atoms with Crippen LogP contribution in [-0.2, 0) is 17.8 Å². The Morgan fingerprint density at radius 3 is 2.58 bits per heavy atom. The van der Waals surface area contributed by atoms with Crippen LogP contribution in [0, 0.1) is 19.7 Å². The smallest absolute Gasteiger partial charge is 0.251 e. The Morgan fingerprint density at radius 2 is 1.85 bits per heavy atom. The Labute approximate surface area is 151 Å². The summed E-state index contributed by atoms with van der Waals surface area (Å²) in [6.07, 6.45) is 0.591. The Hall–Kier alpha value is -2.95. The number of carbonyl (C=O) groups is 1. The molecule has 0 radical (unpaired) electrons. The average Bonchev–Trinajstić information content (AvgIpc) is 2.60. The predicted molar refractivity (Wildman–Crippen MR) is 101 cm³/mol. The van der Waals surface area contributed by atoms with Crippen molar-refractivity contribution in [2.75, 3.05) is 0 Å². The van der Waals surface area contributed by atoms with Crippen LogP contribution in [0.3, 0.4) is 0 Å². The molecule has 26 heavy (non-hydrogen) atoms. The number of aromatic nitrogens is 1. The first-order chi connectivity index (χ1) is 12.4. The van der Waals surface area contributed by atoms with E-state index in [0.29, 0.717) is 18.5 Å². The van der Waals surface area contributed by atoms with Gasteiger partial charge in [0.25, 0.3) is 5.56 Å². The van der Waals surface area contributed by atoms with E-state index in [1.165, 1.54) is 12.1 Å². The molecule has 4 nitrogen and oxygen atoms in total. The minimum Gasteiger partial charge on any atom is -0.352 e. The van der Waals surface area contributed by atoms with Crippen molar-refractivity contribution >= 4 is 16.8 Å². The van der Waals surface area contributed by atoms with Crippen molar-refractivity contribution in [1.82, 2.24) is 10.3 Å². The Bertz CT molecular complexity index is 1010. The SMILES string of the molecule is Cc1cc(C)c2[nH]c(=O)c(CCC(=O)NCc3ccc(F)cc3)cc2c1. The van der Waals surface area contributed by atoms with Crippen molar-refractivity contribution in [1.29, 1.82) is 0 Å². The lowest BCUT2D eigenvalue weighted by molar-refractivity contribution is -0.121. The van der Waals surface area contributed by atoms with Crippen LogP contribution in [0.5, 0.6) is 0 Å². The predicted octanol–water partition coefficient (Wildman–Crippen LogP) is 3.53. The molecule has 1 aromatic heterocycles. The van der Waals surface area contributed by atoms with Crippen molar-refractivity contribution < 1.29 is 9.18 Å². The molecule has 0 aliphatic rings. The summed E-state index contributed by atoms with van der Waals surface area (Å²) >= 11 is 0. The third-order valence-corrected chi connectivity index (χ3v) is 4.39. The molecule has 1 amide bonds. The molecule has 0 bridgehead atoms. The first kappa shape index (κ1) is 17.9. The van der Waals surface area contributed by atoms with Crippen molar-refractivity contribution in [2.24, 2.45) is 0 Å². The zero-order valence-corrected chi connectivity index (χ0v) is 14.9. The van der Waals surface area contributed by atoms with Crippen molar-refractivity contribution in [3.05, 3.63) is 80.9 Å². The number of aromatic amines is 1. The van der Waals surface area contributed by atoms with Crippen LogP contribution >= 0.6 is 0 Å². The van der Waals surface area contributed by atoms with Crippen LogP contribution in [0.25, 0.3) is 10.9 Å². The van der Waals surface area contributed by atoms with E-state index in [1.54, 1.807) is 12.1 Å². The molecule has 5 heteroatoms. The van der Waals surface area contributed by atoms with Crippen LogP contribution in [0.1, 0.15) is 28.7 Å². The number of hydrogen-bond donors (Lipinski definition) is 2. The van der Waals surface area contributed by atoms with Gasteiger partial charge in [-0.3, -0.25) is 9.59 Å². The van der Waals surface area contributed by atoms with Crippen molar-refractivity contribution in [3.63, 3.8) is 0 Å². The van der Waals surface area contributed by atoms with E-state index in [0.717, 1.165) is 27.6 Å². The van der Waals surface area contributed by atoms with E-state index < -0.39 is 0 Å². The molecular formula is C21H21FN2O2. The molecule has 2 N–H and O–H groups in total. The summed E-state index contributed by atoms with van der Waals surface area (Å²) in [5.74, 6) is -0.449. The van der Waals surface area contributed by atoms with Crippen molar-refractivity contribution in [3.8, 4) is 0 Å². The van der Waals surface area contributed by atoms with Gasteiger partial charge in [-0.15, -0.1) is 0 Å². The summed E-state index contributed by atoms with van der Waals surface area (Å²) < 4.78 is 12.9. The third kappa shape index (κ3) is 4.17. The second-order valence-electron chi connectivity index (χ2n) is 6.57. The molecule has 0 fully saturated rings. The maximum atomic E-state index is 12.9. The van der Waals surface area contributed by atoms with E-state index >= 15 is 0 Å². The van der Waals surface area contributed by atoms with Gasteiger partial charge in [0, 0.05) is 18.5 Å². The molecule has 0 aliphatic heterocycles. The van der Waals surface area contributed by atoms with E-state index in [9.17, 15) is 14.0 Å². The number of aryl methyl sites for hydroxylation is 3. The fraction of sp³-hybridized carbons (Fsp3) is 0.238. The highest BCUT2D eigenvalue weighted by Crippen LogP contribution is 2.18. The van der Waals surface area contributed by atoms with Gasteiger partial charge in [-0.2, -0.15) is 0 Å². The number of carbonyl (C=O) groups excluding carboxylic acids is 1. The minimum absolute atomic E-state index is 0.144. The molecular weight excluding hydrogens is 331 g/mol. The molecule has 2 aromatic carbocycles. The zero-order chi connectivity index (χ0) is 18.7. The Balaban J connectivity index is 1.65. The lowest BCUT2D eigenvalue weighted by Crippen LogP contribution is -2.24. The Kier molecular flexibility index (Phi) is 5.16. The fourth-order valence-electron chi connectivity index (χ4n) is 3.06. The molecule has 0 atom stereocenters. The number of amides is 1. The zero-order valence-electron chi connectivity index (χ0n) is 14.9. The summed E-state index contributed by atoms with van der Waals surface area (Å²) in [4.78, 5) is 27.2. The fourth-order valence-corrected chi connectivity index (χ4v) is 3.06. The highest BCUT2D eigenvalue weighted by Gasteiger charge is 2.08. The number of H-pyrrole nitrogens is 1. The van der Waals surface area contributed by atoms with Gasteiger partial charge in [0.1, 0.15) is 5.82 Å². The van der Waals surface area contributed by atoms with E-state index in [4.69, 9.17) is 0 Å². The van der Waals surface area contributed by atoms with Gasteiger partial charge in [-0.1, -0.05) is 23.8 Å². The summed E-state index contributed by atoms with van der Waals surface area (Å²) in [6.45, 7) is 4.32. The van der Waals surface area contributed by atoms with E-state index in [1.807, 2.05) is 32.0 Å². The van der Waals surface area contributed by atoms with Gasteiger partial charge in [0.15, 0.2) is 0 Å². The normalized spacial score (nSPS) is 10.9. The second kappa shape index (κ2) is 7.52. The number of pyridine rings is 1. The number of hydrogen-bond acceptors (Lipinski definition) is 2. The van der Waals surface area contributed by atoms with Gasteiger partial charge in [-0.05, 0) is 61.0 Å². The van der Waals surface area contributed by atoms with Crippen LogP contribution in [-0.4, -0.2) is 10.9 Å². The number of halogens is 1.